The zero-order valence-electron chi connectivity index (χ0n) is 16.6. The zero-order chi connectivity index (χ0) is 20.7. The summed E-state index contributed by atoms with van der Waals surface area (Å²) in [5.74, 6) is 0.774. The topological polar surface area (TPSA) is 101 Å². The van der Waals surface area contributed by atoms with Crippen LogP contribution < -0.4 is 5.73 Å². The van der Waals surface area contributed by atoms with E-state index in [1.54, 1.807) is 26.0 Å². The fraction of sp³-hybridized carbons (Fsp3) is 0.368. The molecule has 0 bridgehead atoms. The van der Waals surface area contributed by atoms with Crippen LogP contribution >= 0.6 is 7.60 Å². The number of aromatic nitrogens is 3. The fourth-order valence-corrected chi connectivity index (χ4v) is 4.20. The predicted octanol–water partition coefficient (Wildman–Crippen LogP) is 3.92. The molecule has 8 nitrogen and oxygen atoms in total. The molecule has 0 saturated heterocycles. The third-order valence-corrected chi connectivity index (χ3v) is 5.97. The van der Waals surface area contributed by atoms with Crippen LogP contribution in [-0.4, -0.2) is 40.5 Å². The van der Waals surface area contributed by atoms with Crippen LogP contribution in [0.25, 0.3) is 16.6 Å². The highest BCUT2D eigenvalue weighted by Gasteiger charge is 2.23. The Bertz CT molecular complexity index is 925. The second kappa shape index (κ2) is 9.68. The van der Waals surface area contributed by atoms with Crippen molar-refractivity contribution in [2.24, 2.45) is 7.05 Å². The highest BCUT2D eigenvalue weighted by Crippen LogP contribution is 2.47. The molecule has 0 radical (unpaired) electrons. The van der Waals surface area contributed by atoms with Crippen LogP contribution in [0.15, 0.2) is 43.6 Å². The number of ether oxygens (including phenoxy) is 1. The van der Waals surface area contributed by atoms with Crippen LogP contribution in [0.1, 0.15) is 19.4 Å². The summed E-state index contributed by atoms with van der Waals surface area (Å²) < 4.78 is 30.4. The van der Waals surface area contributed by atoms with E-state index in [0.717, 1.165) is 22.2 Å². The first kappa shape index (κ1) is 21.9. The summed E-state index contributed by atoms with van der Waals surface area (Å²) >= 11 is 0. The molecule has 2 aromatic heterocycles. The van der Waals surface area contributed by atoms with Gasteiger partial charge in [0.1, 0.15) is 23.6 Å². The summed E-state index contributed by atoms with van der Waals surface area (Å²) in [4.78, 5) is 8.34. The van der Waals surface area contributed by atoms with Crippen LogP contribution in [0.2, 0.25) is 0 Å². The van der Waals surface area contributed by atoms with E-state index >= 15 is 0 Å². The van der Waals surface area contributed by atoms with Gasteiger partial charge in [0.15, 0.2) is 0 Å². The average Bonchev–Trinajstić information content (AvgIpc) is 2.98. The van der Waals surface area contributed by atoms with E-state index in [1.165, 1.54) is 6.33 Å². The van der Waals surface area contributed by atoms with Crippen molar-refractivity contribution in [1.29, 1.82) is 0 Å². The van der Waals surface area contributed by atoms with Gasteiger partial charge in [-0.25, -0.2) is 9.97 Å². The molecule has 0 aromatic carbocycles. The van der Waals surface area contributed by atoms with E-state index in [2.05, 4.69) is 23.1 Å². The third-order valence-electron chi connectivity index (χ3n) is 3.93. The Morgan fingerprint density at radius 1 is 1.32 bits per heavy atom. The van der Waals surface area contributed by atoms with Crippen LogP contribution in [0, 0.1) is 0 Å². The van der Waals surface area contributed by atoms with Crippen molar-refractivity contribution in [3.8, 4) is 0 Å². The monoisotopic (exact) mass is 406 g/mol. The summed E-state index contributed by atoms with van der Waals surface area (Å²) in [6.45, 7) is 12.1. The normalized spacial score (nSPS) is 12.3. The predicted molar refractivity (Wildman–Crippen MR) is 112 cm³/mol. The summed E-state index contributed by atoms with van der Waals surface area (Å²) in [7, 11) is -1.28. The van der Waals surface area contributed by atoms with Crippen LogP contribution in [0.3, 0.4) is 0 Å². The molecule has 0 spiro atoms. The summed E-state index contributed by atoms with van der Waals surface area (Å²) in [5, 5.41) is 0.737. The number of allylic oxidation sites excluding steroid dienone is 3. The molecule has 0 aliphatic carbocycles. The van der Waals surface area contributed by atoms with Crippen LogP contribution in [0.5, 0.6) is 0 Å². The molecule has 2 rings (SSSR count). The number of nitrogen functional groups attached to an aromatic ring is 1. The molecule has 2 N–H and O–H groups in total. The van der Waals surface area contributed by atoms with Gasteiger partial charge in [-0.1, -0.05) is 19.2 Å². The van der Waals surface area contributed by atoms with Crippen LogP contribution in [0.4, 0.5) is 5.82 Å². The SMILES string of the molecule is C=C/C(=C\C(=C)OCCP(=O)(OCC)OCC)c1cn(C)c2ncnc(N)c12. The molecule has 28 heavy (non-hydrogen) atoms. The van der Waals surface area contributed by atoms with Crippen LogP contribution in [-0.2, 0) is 25.4 Å². The van der Waals surface area contributed by atoms with Crippen molar-refractivity contribution in [1.82, 2.24) is 14.5 Å². The second-order valence-electron chi connectivity index (χ2n) is 5.90. The Kier molecular flexibility index (Phi) is 7.57. The highest BCUT2D eigenvalue weighted by atomic mass is 31.2. The lowest BCUT2D eigenvalue weighted by molar-refractivity contribution is 0.199. The van der Waals surface area contributed by atoms with Gasteiger partial charge >= 0.3 is 7.60 Å². The number of fused-ring (bicyclic) bond motifs is 1. The number of aryl methyl sites for hydroxylation is 1. The van der Waals surface area contributed by atoms with Gasteiger partial charge in [0, 0.05) is 18.8 Å². The molecule has 0 aliphatic heterocycles. The Hall–Kier alpha value is -2.41. The summed E-state index contributed by atoms with van der Waals surface area (Å²) in [6, 6.07) is 0. The third kappa shape index (κ3) is 5.10. The lowest BCUT2D eigenvalue weighted by atomic mass is 10.1. The lowest BCUT2D eigenvalue weighted by Gasteiger charge is -2.17. The number of anilines is 1. The minimum Gasteiger partial charge on any atom is -0.494 e. The Balaban J connectivity index is 2.16. The maximum Gasteiger partial charge on any atom is 0.334 e. The van der Waals surface area contributed by atoms with Gasteiger partial charge in [-0.2, -0.15) is 0 Å². The molecule has 0 aliphatic rings. The smallest absolute Gasteiger partial charge is 0.334 e. The summed E-state index contributed by atoms with van der Waals surface area (Å²) in [5.41, 5.74) is 8.34. The minimum atomic E-state index is -3.15. The zero-order valence-corrected chi connectivity index (χ0v) is 17.4. The van der Waals surface area contributed by atoms with Gasteiger partial charge in [0.05, 0.1) is 31.4 Å². The fourth-order valence-electron chi connectivity index (χ4n) is 2.76. The Morgan fingerprint density at radius 3 is 2.61 bits per heavy atom. The number of hydrogen-bond donors (Lipinski definition) is 1. The van der Waals surface area contributed by atoms with E-state index < -0.39 is 7.60 Å². The first-order chi connectivity index (χ1) is 13.3. The Labute approximate surface area is 165 Å². The highest BCUT2D eigenvalue weighted by molar-refractivity contribution is 7.53. The number of rotatable bonds is 11. The largest absolute Gasteiger partial charge is 0.494 e. The molecule has 0 unspecified atom stereocenters. The first-order valence-electron chi connectivity index (χ1n) is 8.95. The van der Waals surface area contributed by atoms with Gasteiger partial charge in [-0.05, 0) is 25.5 Å². The van der Waals surface area contributed by atoms with Crippen molar-refractivity contribution in [2.75, 3.05) is 31.7 Å². The molecule has 0 fully saturated rings. The lowest BCUT2D eigenvalue weighted by Crippen LogP contribution is -2.05. The van der Waals surface area contributed by atoms with Gasteiger partial charge < -0.3 is 24.1 Å². The standard InChI is InChI=1S/C19H27N4O4P/c1-6-15(16-12-23(5)19-17(16)18(20)21-13-22-19)11-14(4)25-9-10-28(24,26-7-2)27-8-3/h6,11-13H,1,4,7-10H2,2-3,5H3,(H2,20,21,22)/b15-11+. The first-order valence-corrected chi connectivity index (χ1v) is 10.7. The van der Waals surface area contributed by atoms with Gasteiger partial charge in [0.25, 0.3) is 0 Å². The van der Waals surface area contributed by atoms with Crippen molar-refractivity contribution in [3.63, 3.8) is 0 Å². The molecule has 0 saturated carbocycles. The quantitative estimate of drug-likeness (QED) is 0.343. The van der Waals surface area contributed by atoms with Crippen molar-refractivity contribution < 1.29 is 18.3 Å². The van der Waals surface area contributed by atoms with Crippen molar-refractivity contribution >= 4 is 30.0 Å². The van der Waals surface area contributed by atoms with E-state index in [4.69, 9.17) is 19.5 Å². The van der Waals surface area contributed by atoms with Crippen molar-refractivity contribution in [2.45, 2.75) is 13.8 Å². The molecule has 0 atom stereocenters. The van der Waals surface area contributed by atoms with E-state index in [-0.39, 0.29) is 12.8 Å². The second-order valence-corrected chi connectivity index (χ2v) is 8.09. The molecule has 2 heterocycles. The van der Waals surface area contributed by atoms with E-state index in [1.807, 2.05) is 17.8 Å². The molecular weight excluding hydrogens is 379 g/mol. The van der Waals surface area contributed by atoms with Gasteiger partial charge in [-0.3, -0.25) is 4.57 Å². The molecule has 2 aromatic rings. The maximum absolute atomic E-state index is 12.5. The van der Waals surface area contributed by atoms with E-state index in [0.29, 0.717) is 24.8 Å². The Morgan fingerprint density at radius 2 is 2.00 bits per heavy atom. The minimum absolute atomic E-state index is 0.139. The number of nitrogens with two attached hydrogens (primary N) is 1. The number of nitrogens with zero attached hydrogens (tertiary/aromatic N) is 3. The molecule has 152 valence electrons. The number of hydrogen-bond acceptors (Lipinski definition) is 7. The maximum atomic E-state index is 12.5. The average molecular weight is 406 g/mol. The summed E-state index contributed by atoms with van der Waals surface area (Å²) in [6.07, 6.45) is 6.88. The van der Waals surface area contributed by atoms with Gasteiger partial charge in [-0.15, -0.1) is 0 Å². The van der Waals surface area contributed by atoms with Gasteiger partial charge in [0.2, 0.25) is 0 Å². The van der Waals surface area contributed by atoms with Crippen molar-refractivity contribution in [3.05, 3.63) is 49.2 Å². The molecule has 9 heteroatoms. The molecule has 0 amide bonds. The van der Waals surface area contributed by atoms with E-state index in [9.17, 15) is 4.57 Å². The molecular formula is C19H27N4O4P.